The molecule has 0 unspecified atom stereocenters. The molecule has 0 saturated carbocycles. The number of para-hydroxylation sites is 4. The highest BCUT2D eigenvalue weighted by molar-refractivity contribution is 5.40. The largest absolute Gasteiger partial charge is 0.493 e. The van der Waals surface area contributed by atoms with E-state index >= 15 is 0 Å². The molecular weight excluding hydrogens is 404 g/mol. The van der Waals surface area contributed by atoms with Gasteiger partial charge in [-0.3, -0.25) is 0 Å². The summed E-state index contributed by atoms with van der Waals surface area (Å²) in [5, 5.41) is 6.85. The predicted octanol–water partition coefficient (Wildman–Crippen LogP) is 4.04. The number of methoxy groups -OCH3 is 2. The van der Waals surface area contributed by atoms with Crippen molar-refractivity contribution in [3.63, 3.8) is 0 Å². The number of ether oxygens (including phenoxy) is 4. The third-order valence-corrected chi connectivity index (χ3v) is 4.86. The minimum atomic E-state index is 0.577. The quantitative estimate of drug-likeness (QED) is 0.372. The van der Waals surface area contributed by atoms with Crippen LogP contribution >= 0.6 is 0 Å². The first-order valence-corrected chi connectivity index (χ1v) is 10.8. The maximum absolute atomic E-state index is 5.80. The van der Waals surface area contributed by atoms with Gasteiger partial charge in [-0.25, -0.2) is 0 Å². The van der Waals surface area contributed by atoms with E-state index in [1.807, 2.05) is 48.5 Å². The molecule has 2 N–H and O–H groups in total. The highest BCUT2D eigenvalue weighted by Crippen LogP contribution is 2.26. The fraction of sp³-hybridized carbons (Fsp3) is 0.308. The van der Waals surface area contributed by atoms with Crippen LogP contribution in [0.25, 0.3) is 0 Å². The molecule has 0 aromatic heterocycles. The van der Waals surface area contributed by atoms with Gasteiger partial charge in [0.25, 0.3) is 0 Å². The second-order valence-corrected chi connectivity index (χ2v) is 7.17. The topological polar surface area (TPSA) is 61.0 Å². The van der Waals surface area contributed by atoms with Gasteiger partial charge in [-0.15, -0.1) is 0 Å². The molecule has 6 heteroatoms. The van der Waals surface area contributed by atoms with Gasteiger partial charge in [0.05, 0.1) is 14.2 Å². The van der Waals surface area contributed by atoms with Crippen LogP contribution in [0.15, 0.2) is 72.8 Å². The van der Waals surface area contributed by atoms with E-state index < -0.39 is 0 Å². The smallest absolute Gasteiger partial charge is 0.161 e. The summed E-state index contributed by atoms with van der Waals surface area (Å²) in [7, 11) is 3.30. The Morgan fingerprint density at radius 1 is 0.562 bits per heavy atom. The molecule has 0 aliphatic carbocycles. The summed E-state index contributed by atoms with van der Waals surface area (Å²) >= 11 is 0. The summed E-state index contributed by atoms with van der Waals surface area (Å²) in [5.41, 5.74) is 2.48. The molecule has 0 heterocycles. The minimum Gasteiger partial charge on any atom is -0.493 e. The van der Waals surface area contributed by atoms with Crippen molar-refractivity contribution in [3.05, 3.63) is 83.9 Å². The van der Waals surface area contributed by atoms with Crippen LogP contribution in [0.1, 0.15) is 11.1 Å². The van der Waals surface area contributed by atoms with Crippen molar-refractivity contribution in [3.8, 4) is 23.0 Å². The molecule has 0 fully saturated rings. The van der Waals surface area contributed by atoms with Crippen LogP contribution in [-0.4, -0.2) is 40.5 Å². The molecule has 0 aliphatic heterocycles. The van der Waals surface area contributed by atoms with E-state index in [1.165, 1.54) is 11.1 Å². The van der Waals surface area contributed by atoms with Gasteiger partial charge in [0.1, 0.15) is 13.2 Å². The van der Waals surface area contributed by atoms with Gasteiger partial charge >= 0.3 is 0 Å². The second kappa shape index (κ2) is 13.2. The zero-order chi connectivity index (χ0) is 22.4. The first-order chi connectivity index (χ1) is 15.8. The normalized spacial score (nSPS) is 10.6. The van der Waals surface area contributed by atoms with Crippen LogP contribution in [-0.2, 0) is 13.1 Å². The molecular formula is C26H32N2O4. The summed E-state index contributed by atoms with van der Waals surface area (Å²) < 4.78 is 22.2. The number of rotatable bonds is 14. The van der Waals surface area contributed by atoms with Gasteiger partial charge in [0, 0.05) is 26.2 Å². The summed E-state index contributed by atoms with van der Waals surface area (Å²) in [6.07, 6.45) is 0. The van der Waals surface area contributed by atoms with Crippen LogP contribution in [0, 0.1) is 0 Å². The third kappa shape index (κ3) is 7.48. The van der Waals surface area contributed by atoms with Gasteiger partial charge in [-0.1, -0.05) is 48.5 Å². The SMILES string of the molecule is COc1ccccc1OCCNCc1cccc(CNCCOc2ccccc2OC)c1. The molecule has 0 radical (unpaired) electrons. The maximum atomic E-state index is 5.80. The van der Waals surface area contributed by atoms with Gasteiger partial charge < -0.3 is 29.6 Å². The Labute approximate surface area is 190 Å². The molecule has 3 aromatic carbocycles. The molecule has 0 aliphatic rings. The Morgan fingerprint density at radius 3 is 1.44 bits per heavy atom. The van der Waals surface area contributed by atoms with Crippen molar-refractivity contribution < 1.29 is 18.9 Å². The van der Waals surface area contributed by atoms with Crippen LogP contribution in [0.4, 0.5) is 0 Å². The van der Waals surface area contributed by atoms with Gasteiger partial charge in [-0.2, -0.15) is 0 Å². The lowest BCUT2D eigenvalue weighted by atomic mass is 10.1. The first-order valence-electron chi connectivity index (χ1n) is 10.8. The Kier molecular flexibility index (Phi) is 9.71. The third-order valence-electron chi connectivity index (χ3n) is 4.86. The lowest BCUT2D eigenvalue weighted by Gasteiger charge is -2.12. The van der Waals surface area contributed by atoms with Crippen molar-refractivity contribution in [1.29, 1.82) is 0 Å². The summed E-state index contributed by atoms with van der Waals surface area (Å²) in [6.45, 7) is 4.24. The standard InChI is InChI=1S/C26H32N2O4/c1-29-23-10-3-5-12-25(23)31-16-14-27-19-21-8-7-9-22(18-21)20-28-15-17-32-26-13-6-4-11-24(26)30-2/h3-13,18,27-28H,14-17,19-20H2,1-2H3. The number of nitrogens with one attached hydrogen (secondary N) is 2. The fourth-order valence-electron chi connectivity index (χ4n) is 3.26. The minimum absolute atomic E-state index is 0.577. The van der Waals surface area contributed by atoms with E-state index in [0.29, 0.717) is 13.2 Å². The predicted molar refractivity (Wildman–Crippen MR) is 127 cm³/mol. The average molecular weight is 437 g/mol. The summed E-state index contributed by atoms with van der Waals surface area (Å²) in [4.78, 5) is 0. The highest BCUT2D eigenvalue weighted by atomic mass is 16.5. The molecule has 6 nitrogen and oxygen atoms in total. The van der Waals surface area contributed by atoms with E-state index in [2.05, 4.69) is 34.9 Å². The molecule has 3 aromatic rings. The number of benzene rings is 3. The van der Waals surface area contributed by atoms with E-state index in [4.69, 9.17) is 18.9 Å². The molecule has 0 bridgehead atoms. The molecule has 32 heavy (non-hydrogen) atoms. The highest BCUT2D eigenvalue weighted by Gasteiger charge is 2.03. The molecule has 0 spiro atoms. The monoisotopic (exact) mass is 436 g/mol. The van der Waals surface area contributed by atoms with Crippen molar-refractivity contribution >= 4 is 0 Å². The maximum Gasteiger partial charge on any atom is 0.161 e. The van der Waals surface area contributed by atoms with Crippen LogP contribution in [0.2, 0.25) is 0 Å². The van der Waals surface area contributed by atoms with Crippen LogP contribution < -0.4 is 29.6 Å². The van der Waals surface area contributed by atoms with Crippen molar-refractivity contribution in [1.82, 2.24) is 10.6 Å². The lowest BCUT2D eigenvalue weighted by molar-refractivity contribution is 0.292. The van der Waals surface area contributed by atoms with Crippen molar-refractivity contribution in [2.75, 3.05) is 40.5 Å². The molecule has 0 saturated heterocycles. The van der Waals surface area contributed by atoms with Crippen molar-refractivity contribution in [2.45, 2.75) is 13.1 Å². The molecule has 0 atom stereocenters. The van der Waals surface area contributed by atoms with E-state index in [0.717, 1.165) is 49.2 Å². The van der Waals surface area contributed by atoms with Crippen LogP contribution in [0.3, 0.4) is 0 Å². The van der Waals surface area contributed by atoms with E-state index in [9.17, 15) is 0 Å². The van der Waals surface area contributed by atoms with Crippen LogP contribution in [0.5, 0.6) is 23.0 Å². The van der Waals surface area contributed by atoms with E-state index in [-0.39, 0.29) is 0 Å². The Morgan fingerprint density at radius 2 is 1.00 bits per heavy atom. The number of hydrogen-bond donors (Lipinski definition) is 2. The van der Waals surface area contributed by atoms with Gasteiger partial charge in [0.2, 0.25) is 0 Å². The summed E-state index contributed by atoms with van der Waals surface area (Å²) in [6, 6.07) is 23.9. The average Bonchev–Trinajstić information content (AvgIpc) is 2.84. The van der Waals surface area contributed by atoms with E-state index in [1.54, 1.807) is 14.2 Å². The Bertz CT molecular complexity index is 876. The number of hydrogen-bond acceptors (Lipinski definition) is 6. The lowest BCUT2D eigenvalue weighted by Crippen LogP contribution is -2.22. The van der Waals surface area contributed by atoms with Gasteiger partial charge in [0.15, 0.2) is 23.0 Å². The molecule has 0 amide bonds. The fourth-order valence-corrected chi connectivity index (χ4v) is 3.26. The van der Waals surface area contributed by atoms with Crippen molar-refractivity contribution in [2.24, 2.45) is 0 Å². The Balaban J connectivity index is 1.32. The molecule has 170 valence electrons. The Hall–Kier alpha value is -3.22. The molecule has 3 rings (SSSR count). The zero-order valence-corrected chi connectivity index (χ0v) is 18.8. The second-order valence-electron chi connectivity index (χ2n) is 7.17. The summed E-state index contributed by atoms with van der Waals surface area (Å²) in [5.74, 6) is 3.03. The van der Waals surface area contributed by atoms with Gasteiger partial charge in [-0.05, 0) is 35.4 Å². The first kappa shape index (κ1) is 23.4. The zero-order valence-electron chi connectivity index (χ0n) is 18.8.